The van der Waals surface area contributed by atoms with Crippen molar-refractivity contribution in [1.29, 1.82) is 0 Å². The van der Waals surface area contributed by atoms with Crippen LogP contribution >= 0.6 is 0 Å². The number of rotatable bonds is 31. The summed E-state index contributed by atoms with van der Waals surface area (Å²) in [6.45, 7) is 21.4. The van der Waals surface area contributed by atoms with Gasteiger partial charge in [0, 0.05) is 43.8 Å². The second-order valence-electron chi connectivity index (χ2n) is 35.5. The average molecular weight is 1580 g/mol. The molecule has 13 heteroatoms. The molecule has 612 valence electrons. The minimum Gasteiger partial charge on any atom is -0.491 e. The molecule has 2 unspecified atom stereocenters. The lowest BCUT2D eigenvalue weighted by Gasteiger charge is -2.39. The highest BCUT2D eigenvalue weighted by Gasteiger charge is 2.41. The summed E-state index contributed by atoms with van der Waals surface area (Å²) >= 11 is 0. The van der Waals surface area contributed by atoms with Gasteiger partial charge in [-0.2, -0.15) is 0 Å². The molecule has 3 saturated carbocycles. The zero-order valence-corrected chi connectivity index (χ0v) is 70.6. The third kappa shape index (κ3) is 19.8. The molecule has 0 aromatic heterocycles. The molecule has 13 nitrogen and oxygen atoms in total. The standard InChI is InChI=1S/C105H114O13/c1-71(2)112-86-51-35-80(36-52-86)103(64-16-12-17-65-103)83-43-59-92(60-44-83)117-98(110)77-33-49-90(50-34-77)115-89-47-31-74(32-48-89)95(107)101(8,9)63-22-15-24-72(3)113-87-53-37-81(38-54-87)104(66-18-13-19-67-104)84-41-57-91(58-42-84)116-97(109)76-29-27-75(28-30-76)96(108)102(10,11)73(4)114-88-55-39-82(40-56-88)105(68-20-14-21-69-105)85-45-61-93(62-46-85)118-99(111)79-26-23-25-78(70-79)94(106)100(5,6)7/h23,25-62,70-73H,12-22,24,63-69H2,1-11H3. The fourth-order valence-electron chi connectivity index (χ4n) is 17.7. The highest BCUT2D eigenvalue weighted by molar-refractivity contribution is 6.03. The van der Waals surface area contributed by atoms with Gasteiger partial charge in [0.2, 0.25) is 0 Å². The van der Waals surface area contributed by atoms with Gasteiger partial charge in [-0.25, -0.2) is 14.4 Å². The molecule has 3 fully saturated rings. The van der Waals surface area contributed by atoms with Gasteiger partial charge in [-0.3, -0.25) is 14.4 Å². The van der Waals surface area contributed by atoms with Crippen LogP contribution in [0.1, 0.15) is 294 Å². The van der Waals surface area contributed by atoms with Gasteiger partial charge in [-0.15, -0.1) is 0 Å². The monoisotopic (exact) mass is 1580 g/mol. The first-order chi connectivity index (χ1) is 56.6. The van der Waals surface area contributed by atoms with Gasteiger partial charge >= 0.3 is 17.9 Å². The van der Waals surface area contributed by atoms with Crippen LogP contribution in [0.25, 0.3) is 0 Å². The van der Waals surface area contributed by atoms with E-state index in [1.54, 1.807) is 84.9 Å². The van der Waals surface area contributed by atoms with Gasteiger partial charge < -0.3 is 33.2 Å². The molecule has 10 aromatic rings. The Hall–Kier alpha value is -11.2. The van der Waals surface area contributed by atoms with Crippen molar-refractivity contribution in [3.63, 3.8) is 0 Å². The number of benzene rings is 10. The third-order valence-electron chi connectivity index (χ3n) is 25.0. The molecule has 3 aliphatic rings. The van der Waals surface area contributed by atoms with Gasteiger partial charge in [0.15, 0.2) is 17.3 Å². The van der Waals surface area contributed by atoms with E-state index in [1.165, 1.54) is 40.7 Å². The van der Waals surface area contributed by atoms with Crippen LogP contribution in [0.4, 0.5) is 0 Å². The summed E-state index contributed by atoms with van der Waals surface area (Å²) in [6, 6.07) is 76.5. The predicted molar refractivity (Wildman–Crippen MR) is 465 cm³/mol. The molecule has 118 heavy (non-hydrogen) atoms. The second kappa shape index (κ2) is 36.8. The van der Waals surface area contributed by atoms with Crippen molar-refractivity contribution < 1.29 is 61.9 Å². The highest BCUT2D eigenvalue weighted by Crippen LogP contribution is 2.50. The largest absolute Gasteiger partial charge is 0.491 e. The number of Topliss-reactive ketones (excluding diaryl/α,β-unsaturated/α-hetero) is 3. The van der Waals surface area contributed by atoms with Crippen molar-refractivity contribution in [3.8, 4) is 46.0 Å². The Morgan fingerprint density at radius 3 is 1.01 bits per heavy atom. The first kappa shape index (κ1) is 84.7. The lowest BCUT2D eigenvalue weighted by atomic mass is 9.65. The van der Waals surface area contributed by atoms with Crippen molar-refractivity contribution in [3.05, 3.63) is 309 Å². The molecule has 3 aliphatic carbocycles. The lowest BCUT2D eigenvalue weighted by Crippen LogP contribution is -2.39. The van der Waals surface area contributed by atoms with Crippen molar-refractivity contribution in [2.24, 2.45) is 16.2 Å². The molecule has 2 atom stereocenters. The van der Waals surface area contributed by atoms with E-state index in [1.807, 2.05) is 130 Å². The van der Waals surface area contributed by atoms with E-state index in [0.29, 0.717) is 67.9 Å². The molecule has 0 saturated heterocycles. The summed E-state index contributed by atoms with van der Waals surface area (Å²) in [4.78, 5) is 81.5. The Bertz CT molecular complexity index is 5090. The van der Waals surface area contributed by atoms with E-state index in [9.17, 15) is 28.8 Å². The SMILES string of the molecule is CC(C)Oc1ccc(C2(c3ccc(OC(=O)c4ccc(Oc5ccc(C(=O)C(C)(C)CCCCC(C)Oc6ccc(C7(c8ccc(OC(=O)c9ccc(C(=O)C(C)(C)C(C)Oc%10ccc(C%11(c%12ccc(OC(=O)c%13cccc(C(=O)C(C)(C)C)c%13)cc%12)CCCCC%11)cc%10)cc9)cc8)CCCCC7)cc6)cc5)cc4)cc3)CCCCC2)cc1. The quantitative estimate of drug-likeness (QED) is 0.0174. The molecule has 0 heterocycles. The number of esters is 3. The maximum Gasteiger partial charge on any atom is 0.343 e. The predicted octanol–water partition coefficient (Wildman–Crippen LogP) is 25.8. The van der Waals surface area contributed by atoms with Crippen LogP contribution in [-0.4, -0.2) is 53.6 Å². The van der Waals surface area contributed by atoms with E-state index in [0.717, 1.165) is 126 Å². The number of unbranched alkanes of at least 4 members (excludes halogenated alkanes) is 1. The van der Waals surface area contributed by atoms with Gasteiger partial charge in [0.25, 0.3) is 0 Å². The Kier molecular flexibility index (Phi) is 26.4. The molecule has 13 rings (SSSR count). The van der Waals surface area contributed by atoms with Crippen LogP contribution in [0, 0.1) is 16.2 Å². The Balaban J connectivity index is 0.540. The van der Waals surface area contributed by atoms with Gasteiger partial charge in [-0.1, -0.05) is 196 Å². The van der Waals surface area contributed by atoms with Crippen molar-refractivity contribution >= 4 is 35.3 Å². The Morgan fingerprint density at radius 2 is 0.627 bits per heavy atom. The zero-order valence-electron chi connectivity index (χ0n) is 70.6. The molecular weight excluding hydrogens is 1470 g/mol. The van der Waals surface area contributed by atoms with Crippen LogP contribution in [0.2, 0.25) is 0 Å². The van der Waals surface area contributed by atoms with E-state index in [4.69, 9.17) is 33.2 Å². The normalized spacial score (nSPS) is 15.8. The number of ketones is 3. The molecule has 10 aromatic carbocycles. The minimum absolute atomic E-state index is 0.0288. The summed E-state index contributed by atoms with van der Waals surface area (Å²) in [5.41, 5.74) is 7.17. The van der Waals surface area contributed by atoms with Gasteiger partial charge in [-0.05, 0) is 278 Å². The number of hydrogen-bond donors (Lipinski definition) is 0. The summed E-state index contributed by atoms with van der Waals surface area (Å²) in [7, 11) is 0. The van der Waals surface area contributed by atoms with E-state index >= 15 is 0 Å². The number of carbonyl (C=O) groups excluding carboxylic acids is 6. The van der Waals surface area contributed by atoms with Crippen LogP contribution < -0.4 is 33.2 Å². The second-order valence-corrected chi connectivity index (χ2v) is 35.5. The first-order valence-electron chi connectivity index (χ1n) is 42.6. The maximum absolute atomic E-state index is 14.3. The van der Waals surface area contributed by atoms with E-state index in [2.05, 4.69) is 104 Å². The molecule has 0 aliphatic heterocycles. The van der Waals surface area contributed by atoms with Gasteiger partial charge in [0.1, 0.15) is 52.1 Å². The summed E-state index contributed by atoms with van der Waals surface area (Å²) in [6.07, 6.45) is 19.2. The fourth-order valence-corrected chi connectivity index (χ4v) is 17.7. The Morgan fingerprint density at radius 1 is 0.314 bits per heavy atom. The summed E-state index contributed by atoms with van der Waals surface area (Å²) in [5.74, 6) is 3.24. The van der Waals surface area contributed by atoms with Crippen LogP contribution in [0.5, 0.6) is 46.0 Å². The zero-order chi connectivity index (χ0) is 83.4. The van der Waals surface area contributed by atoms with Gasteiger partial charge in [0.05, 0.1) is 34.3 Å². The third-order valence-corrected chi connectivity index (χ3v) is 25.0. The van der Waals surface area contributed by atoms with E-state index in [-0.39, 0.29) is 45.8 Å². The molecule has 0 spiro atoms. The fraction of sp³-hybridized carbons (Fsp3) is 0.371. The van der Waals surface area contributed by atoms with E-state index < -0.39 is 40.3 Å². The topological polar surface area (TPSA) is 167 Å². The van der Waals surface area contributed by atoms with Crippen LogP contribution in [0.3, 0.4) is 0 Å². The molecular formula is C105H114O13. The summed E-state index contributed by atoms with van der Waals surface area (Å²) in [5, 5.41) is 0. The average Bonchev–Trinajstić information content (AvgIpc) is 0.776. The van der Waals surface area contributed by atoms with Crippen molar-refractivity contribution in [1.82, 2.24) is 0 Å². The molecule has 0 bridgehead atoms. The Labute approximate surface area is 697 Å². The number of ether oxygens (including phenoxy) is 7. The van der Waals surface area contributed by atoms with Crippen LogP contribution in [-0.2, 0) is 16.2 Å². The molecule has 0 amide bonds. The molecule has 0 radical (unpaired) electrons. The number of hydrogen-bond acceptors (Lipinski definition) is 13. The first-order valence-corrected chi connectivity index (χ1v) is 42.6. The van der Waals surface area contributed by atoms with Crippen LogP contribution in [0.15, 0.2) is 243 Å². The highest BCUT2D eigenvalue weighted by atomic mass is 16.5. The lowest BCUT2D eigenvalue weighted by molar-refractivity contribution is 0.0557. The number of carbonyl (C=O) groups is 6. The van der Waals surface area contributed by atoms with Crippen molar-refractivity contribution in [2.75, 3.05) is 0 Å². The smallest absolute Gasteiger partial charge is 0.343 e. The summed E-state index contributed by atoms with van der Waals surface area (Å²) < 4.78 is 42.8. The van der Waals surface area contributed by atoms with Crippen molar-refractivity contribution in [2.45, 2.75) is 233 Å². The maximum atomic E-state index is 14.3. The minimum atomic E-state index is -0.935. The molecule has 0 N–H and O–H groups in total.